The van der Waals surface area contributed by atoms with E-state index in [-0.39, 0.29) is 18.6 Å². The molecular weight excluding hydrogens is 204 g/mol. The van der Waals surface area contributed by atoms with E-state index in [1.54, 1.807) is 0 Å². The molecule has 0 aromatic rings. The first kappa shape index (κ1) is 13.0. The summed E-state index contributed by atoms with van der Waals surface area (Å²) in [6.45, 7) is 4.02. The van der Waals surface area contributed by atoms with E-state index in [4.69, 9.17) is 10.4 Å². The van der Waals surface area contributed by atoms with E-state index in [1.165, 1.54) is 0 Å². The number of amides is 1. The van der Waals surface area contributed by atoms with Crippen molar-refractivity contribution in [3.63, 3.8) is 0 Å². The van der Waals surface area contributed by atoms with Gasteiger partial charge >= 0.3 is 0 Å². The van der Waals surface area contributed by atoms with Crippen LogP contribution in [0.15, 0.2) is 0 Å². The smallest absolute Gasteiger partial charge is 0.240 e. The average molecular weight is 224 g/mol. The Morgan fingerprint density at radius 2 is 2.19 bits per heavy atom. The Hall–Kier alpha value is -1.08. The first-order valence-electron chi connectivity index (χ1n) is 5.87. The van der Waals surface area contributed by atoms with Crippen LogP contribution in [0.1, 0.15) is 39.5 Å². The number of nitrogens with one attached hydrogen (secondary N) is 1. The van der Waals surface area contributed by atoms with Crippen LogP contribution in [0.25, 0.3) is 0 Å². The zero-order valence-electron chi connectivity index (χ0n) is 9.99. The van der Waals surface area contributed by atoms with Gasteiger partial charge in [-0.15, -0.1) is 0 Å². The molecule has 0 radical (unpaired) electrons. The minimum atomic E-state index is -0.815. The lowest BCUT2D eigenvalue weighted by Crippen LogP contribution is -2.49. The predicted molar refractivity (Wildman–Crippen MR) is 60.4 cm³/mol. The SMILES string of the molecule is CC(C)CC(CO)NC(=O)C1(C#N)CCC1. The van der Waals surface area contributed by atoms with Crippen LogP contribution in [0.4, 0.5) is 0 Å². The molecule has 0 bridgehead atoms. The van der Waals surface area contributed by atoms with Crippen LogP contribution in [-0.4, -0.2) is 23.7 Å². The van der Waals surface area contributed by atoms with Gasteiger partial charge in [-0.25, -0.2) is 0 Å². The average Bonchev–Trinajstić information content (AvgIpc) is 2.15. The highest BCUT2D eigenvalue weighted by molar-refractivity contribution is 5.86. The highest BCUT2D eigenvalue weighted by Crippen LogP contribution is 2.40. The van der Waals surface area contributed by atoms with Crippen LogP contribution in [-0.2, 0) is 4.79 Å². The molecular formula is C12H20N2O2. The molecule has 0 saturated heterocycles. The molecule has 16 heavy (non-hydrogen) atoms. The minimum Gasteiger partial charge on any atom is -0.394 e. The van der Waals surface area contributed by atoms with Crippen LogP contribution in [0.5, 0.6) is 0 Å². The van der Waals surface area contributed by atoms with Gasteiger partial charge in [-0.2, -0.15) is 5.26 Å². The number of nitrogens with zero attached hydrogens (tertiary/aromatic N) is 1. The monoisotopic (exact) mass is 224 g/mol. The lowest BCUT2D eigenvalue weighted by Gasteiger charge is -2.34. The van der Waals surface area contributed by atoms with Gasteiger partial charge in [-0.3, -0.25) is 4.79 Å². The molecule has 2 N–H and O–H groups in total. The minimum absolute atomic E-state index is 0.0641. The van der Waals surface area contributed by atoms with Crippen molar-refractivity contribution < 1.29 is 9.90 Å². The summed E-state index contributed by atoms with van der Waals surface area (Å²) in [7, 11) is 0. The molecule has 90 valence electrons. The summed E-state index contributed by atoms with van der Waals surface area (Å²) < 4.78 is 0. The highest BCUT2D eigenvalue weighted by atomic mass is 16.3. The third-order valence-corrected chi connectivity index (χ3v) is 3.17. The Labute approximate surface area is 96.6 Å². The van der Waals surface area contributed by atoms with Gasteiger partial charge < -0.3 is 10.4 Å². The molecule has 4 heteroatoms. The second-order valence-corrected chi connectivity index (χ2v) is 5.03. The number of carbonyl (C=O) groups is 1. The molecule has 1 amide bonds. The van der Waals surface area contributed by atoms with Crippen LogP contribution in [0.2, 0.25) is 0 Å². The van der Waals surface area contributed by atoms with E-state index < -0.39 is 5.41 Å². The van der Waals surface area contributed by atoms with Crippen molar-refractivity contribution in [1.82, 2.24) is 5.32 Å². The molecule has 4 nitrogen and oxygen atoms in total. The van der Waals surface area contributed by atoms with Crippen molar-refractivity contribution in [3.05, 3.63) is 0 Å². The number of hydrogen-bond acceptors (Lipinski definition) is 3. The van der Waals surface area contributed by atoms with E-state index in [1.807, 2.05) is 13.8 Å². The Kier molecular flexibility index (Phi) is 4.31. The highest BCUT2D eigenvalue weighted by Gasteiger charge is 2.45. The fraction of sp³-hybridized carbons (Fsp3) is 0.833. The largest absolute Gasteiger partial charge is 0.394 e. The van der Waals surface area contributed by atoms with Gasteiger partial charge in [0.1, 0.15) is 5.41 Å². The summed E-state index contributed by atoms with van der Waals surface area (Å²) in [4.78, 5) is 11.9. The first-order valence-corrected chi connectivity index (χ1v) is 5.87. The molecule has 1 aliphatic carbocycles. The summed E-state index contributed by atoms with van der Waals surface area (Å²) in [5.74, 6) is 0.206. The fourth-order valence-corrected chi connectivity index (χ4v) is 1.99. The summed E-state index contributed by atoms with van der Waals surface area (Å²) in [5.41, 5.74) is -0.815. The van der Waals surface area contributed by atoms with Crippen molar-refractivity contribution >= 4 is 5.91 Å². The summed E-state index contributed by atoms with van der Waals surface area (Å²) in [5, 5.41) is 20.9. The zero-order chi connectivity index (χ0) is 12.2. The predicted octanol–water partition coefficient (Wildman–Crippen LogP) is 1.20. The Bertz CT molecular complexity index is 290. The van der Waals surface area contributed by atoms with Gasteiger partial charge in [0.2, 0.25) is 5.91 Å². The quantitative estimate of drug-likeness (QED) is 0.737. The third-order valence-electron chi connectivity index (χ3n) is 3.17. The molecule has 1 saturated carbocycles. The van der Waals surface area contributed by atoms with Crippen molar-refractivity contribution in [2.45, 2.75) is 45.6 Å². The van der Waals surface area contributed by atoms with Gasteiger partial charge in [-0.1, -0.05) is 13.8 Å². The number of rotatable bonds is 5. The number of aliphatic hydroxyl groups excluding tert-OH is 1. The lowest BCUT2D eigenvalue weighted by molar-refractivity contribution is -0.132. The maximum Gasteiger partial charge on any atom is 0.240 e. The molecule has 1 rings (SSSR count). The lowest BCUT2D eigenvalue weighted by atomic mass is 9.69. The van der Waals surface area contributed by atoms with E-state index >= 15 is 0 Å². The normalized spacial score (nSPS) is 19.7. The number of nitriles is 1. The summed E-state index contributed by atoms with van der Waals surface area (Å²) in [6.07, 6.45) is 2.98. The van der Waals surface area contributed by atoms with Crippen molar-refractivity contribution in [3.8, 4) is 6.07 Å². The zero-order valence-corrected chi connectivity index (χ0v) is 9.99. The number of carbonyl (C=O) groups excluding carboxylic acids is 1. The van der Waals surface area contributed by atoms with Crippen LogP contribution in [0.3, 0.4) is 0 Å². The number of aliphatic hydroxyl groups is 1. The summed E-state index contributed by atoms with van der Waals surface area (Å²) in [6, 6.07) is 1.88. The van der Waals surface area contributed by atoms with Crippen LogP contribution < -0.4 is 5.32 Å². The Morgan fingerprint density at radius 3 is 2.50 bits per heavy atom. The topological polar surface area (TPSA) is 73.1 Å². The molecule has 0 aromatic carbocycles. The van der Waals surface area contributed by atoms with E-state index in [0.717, 1.165) is 12.8 Å². The molecule has 1 unspecified atom stereocenters. The molecule has 0 heterocycles. The second kappa shape index (κ2) is 5.31. The standard InChI is InChI=1S/C12H20N2O2/c1-9(2)6-10(7-15)14-11(16)12(8-13)4-3-5-12/h9-10,15H,3-7H2,1-2H3,(H,14,16). The van der Waals surface area contributed by atoms with Gasteiger partial charge in [0.25, 0.3) is 0 Å². The van der Waals surface area contributed by atoms with Gasteiger partial charge in [-0.05, 0) is 31.6 Å². The number of hydrogen-bond donors (Lipinski definition) is 2. The third kappa shape index (κ3) is 2.73. The summed E-state index contributed by atoms with van der Waals surface area (Å²) >= 11 is 0. The van der Waals surface area contributed by atoms with Crippen molar-refractivity contribution in [1.29, 1.82) is 5.26 Å². The van der Waals surface area contributed by atoms with E-state index in [9.17, 15) is 4.79 Å². The molecule has 1 atom stereocenters. The molecule has 0 spiro atoms. The van der Waals surface area contributed by atoms with E-state index in [0.29, 0.717) is 18.8 Å². The van der Waals surface area contributed by atoms with Gasteiger partial charge in [0.15, 0.2) is 0 Å². The molecule has 0 aliphatic heterocycles. The Balaban J connectivity index is 2.52. The first-order chi connectivity index (χ1) is 7.54. The maximum atomic E-state index is 11.9. The maximum absolute atomic E-state index is 11.9. The second-order valence-electron chi connectivity index (χ2n) is 5.03. The molecule has 1 fully saturated rings. The van der Waals surface area contributed by atoms with Crippen molar-refractivity contribution in [2.24, 2.45) is 11.3 Å². The van der Waals surface area contributed by atoms with Gasteiger partial charge in [0.05, 0.1) is 18.7 Å². The fourth-order valence-electron chi connectivity index (χ4n) is 1.99. The van der Waals surface area contributed by atoms with Crippen LogP contribution in [0, 0.1) is 22.7 Å². The van der Waals surface area contributed by atoms with E-state index in [2.05, 4.69) is 11.4 Å². The molecule has 0 aromatic heterocycles. The van der Waals surface area contributed by atoms with Crippen molar-refractivity contribution in [2.75, 3.05) is 6.61 Å². The molecule has 1 aliphatic rings. The van der Waals surface area contributed by atoms with Gasteiger partial charge in [0, 0.05) is 0 Å². The Morgan fingerprint density at radius 1 is 1.56 bits per heavy atom. The van der Waals surface area contributed by atoms with Crippen LogP contribution >= 0.6 is 0 Å².